The number of halogens is 1. The standard InChI is InChI=1S/C20H24FN3O2S/c1-25-16-8-6-15(7-9-16)19(24-10-12-26-13-11-24)14-22-20(27)23-18-5-3-2-4-17(18)21/h2-9,19H,10-14H2,1H3,(H2,22,23,27)/p+1/t19-/m0/s1. The van der Waals surface area contributed by atoms with Crippen LogP contribution in [0.25, 0.3) is 0 Å². The van der Waals surface area contributed by atoms with Gasteiger partial charge >= 0.3 is 0 Å². The molecule has 0 saturated carbocycles. The van der Waals surface area contributed by atoms with Crippen LogP contribution in [0.15, 0.2) is 48.5 Å². The molecule has 0 spiro atoms. The third-order valence-corrected chi connectivity index (χ3v) is 4.98. The van der Waals surface area contributed by atoms with Gasteiger partial charge < -0.3 is 25.0 Å². The summed E-state index contributed by atoms with van der Waals surface area (Å²) in [7, 11) is 1.66. The summed E-state index contributed by atoms with van der Waals surface area (Å²) in [5, 5.41) is 6.58. The van der Waals surface area contributed by atoms with Gasteiger partial charge in [0.15, 0.2) is 5.11 Å². The highest BCUT2D eigenvalue weighted by molar-refractivity contribution is 7.80. The van der Waals surface area contributed by atoms with Gasteiger partial charge in [0.25, 0.3) is 0 Å². The van der Waals surface area contributed by atoms with E-state index < -0.39 is 0 Å². The van der Waals surface area contributed by atoms with Gasteiger partial charge in [-0.1, -0.05) is 12.1 Å². The van der Waals surface area contributed by atoms with E-state index >= 15 is 0 Å². The second kappa shape index (κ2) is 9.64. The van der Waals surface area contributed by atoms with Crippen LogP contribution in [0.3, 0.4) is 0 Å². The smallest absolute Gasteiger partial charge is 0.171 e. The van der Waals surface area contributed by atoms with Crippen LogP contribution in [-0.2, 0) is 4.74 Å². The quantitative estimate of drug-likeness (QED) is 0.657. The van der Waals surface area contributed by atoms with E-state index in [1.54, 1.807) is 25.3 Å². The molecule has 0 radical (unpaired) electrons. The van der Waals surface area contributed by atoms with E-state index in [1.807, 2.05) is 12.1 Å². The summed E-state index contributed by atoms with van der Waals surface area (Å²) in [6.45, 7) is 4.01. The van der Waals surface area contributed by atoms with Gasteiger partial charge in [-0.3, -0.25) is 0 Å². The normalized spacial score (nSPS) is 15.8. The maximum Gasteiger partial charge on any atom is 0.171 e. The van der Waals surface area contributed by atoms with E-state index in [0.29, 0.717) is 17.3 Å². The molecule has 0 amide bonds. The first kappa shape index (κ1) is 19.5. The molecule has 2 aromatic carbocycles. The molecule has 0 unspecified atom stereocenters. The van der Waals surface area contributed by atoms with Crippen molar-refractivity contribution >= 4 is 23.0 Å². The number of morpholine rings is 1. The minimum atomic E-state index is -0.327. The van der Waals surface area contributed by atoms with Gasteiger partial charge in [-0.15, -0.1) is 0 Å². The molecule has 144 valence electrons. The highest BCUT2D eigenvalue weighted by Crippen LogP contribution is 2.16. The van der Waals surface area contributed by atoms with Crippen LogP contribution in [0.4, 0.5) is 10.1 Å². The molecule has 0 bridgehead atoms. The molecule has 1 heterocycles. The van der Waals surface area contributed by atoms with Crippen LogP contribution in [0.2, 0.25) is 0 Å². The van der Waals surface area contributed by atoms with E-state index in [0.717, 1.165) is 32.1 Å². The number of rotatable bonds is 6. The van der Waals surface area contributed by atoms with E-state index in [4.69, 9.17) is 21.7 Å². The molecule has 1 atom stereocenters. The number of para-hydroxylation sites is 1. The maximum absolute atomic E-state index is 13.8. The summed E-state index contributed by atoms with van der Waals surface area (Å²) >= 11 is 5.36. The Hall–Kier alpha value is -2.22. The molecule has 0 aromatic heterocycles. The van der Waals surface area contributed by atoms with Gasteiger partial charge in [-0.05, 0) is 48.6 Å². The Morgan fingerprint density at radius 1 is 1.19 bits per heavy atom. The zero-order valence-electron chi connectivity index (χ0n) is 15.3. The molecule has 2 aromatic rings. The molecule has 3 rings (SSSR count). The minimum absolute atomic E-state index is 0.208. The van der Waals surface area contributed by atoms with Crippen molar-refractivity contribution in [2.24, 2.45) is 0 Å². The molecule has 3 N–H and O–H groups in total. The number of benzene rings is 2. The lowest BCUT2D eigenvalue weighted by atomic mass is 10.0. The first-order chi connectivity index (χ1) is 13.2. The Morgan fingerprint density at radius 2 is 1.89 bits per heavy atom. The monoisotopic (exact) mass is 390 g/mol. The summed E-state index contributed by atoms with van der Waals surface area (Å²) in [4.78, 5) is 1.44. The van der Waals surface area contributed by atoms with Crippen LogP contribution < -0.4 is 20.3 Å². The van der Waals surface area contributed by atoms with Crippen LogP contribution >= 0.6 is 12.2 Å². The molecule has 1 saturated heterocycles. The van der Waals surface area contributed by atoms with Crippen molar-refractivity contribution in [3.8, 4) is 5.75 Å². The van der Waals surface area contributed by atoms with Crippen molar-refractivity contribution in [2.75, 3.05) is 45.3 Å². The Morgan fingerprint density at radius 3 is 2.56 bits per heavy atom. The number of hydrogen-bond acceptors (Lipinski definition) is 3. The largest absolute Gasteiger partial charge is 0.497 e. The number of ether oxygens (including phenoxy) is 2. The van der Waals surface area contributed by atoms with Gasteiger partial charge in [0.2, 0.25) is 0 Å². The Bertz CT molecular complexity index is 751. The van der Waals surface area contributed by atoms with Gasteiger partial charge in [0.1, 0.15) is 30.7 Å². The second-order valence-corrected chi connectivity index (χ2v) is 6.82. The topological polar surface area (TPSA) is 47.0 Å². The Balaban J connectivity index is 1.67. The predicted molar refractivity (Wildman–Crippen MR) is 108 cm³/mol. The third-order valence-electron chi connectivity index (χ3n) is 4.73. The van der Waals surface area contributed by atoms with E-state index in [9.17, 15) is 4.39 Å². The van der Waals surface area contributed by atoms with Crippen molar-refractivity contribution in [1.29, 1.82) is 0 Å². The second-order valence-electron chi connectivity index (χ2n) is 6.41. The number of anilines is 1. The summed E-state index contributed by atoms with van der Waals surface area (Å²) in [6, 6.07) is 14.8. The predicted octanol–water partition coefficient (Wildman–Crippen LogP) is 1.78. The van der Waals surface area contributed by atoms with Gasteiger partial charge in [-0.2, -0.15) is 0 Å². The maximum atomic E-state index is 13.8. The molecule has 7 heteroatoms. The lowest BCUT2D eigenvalue weighted by Gasteiger charge is -2.32. The van der Waals surface area contributed by atoms with E-state index in [2.05, 4.69) is 22.8 Å². The van der Waals surface area contributed by atoms with E-state index in [1.165, 1.54) is 16.5 Å². The number of nitrogens with one attached hydrogen (secondary N) is 3. The van der Waals surface area contributed by atoms with Crippen molar-refractivity contribution in [3.63, 3.8) is 0 Å². The number of methoxy groups -OCH3 is 1. The van der Waals surface area contributed by atoms with Crippen molar-refractivity contribution in [3.05, 3.63) is 59.9 Å². The highest BCUT2D eigenvalue weighted by atomic mass is 32.1. The fourth-order valence-electron chi connectivity index (χ4n) is 3.24. The minimum Gasteiger partial charge on any atom is -0.497 e. The lowest BCUT2D eigenvalue weighted by Crippen LogP contribution is -3.15. The zero-order chi connectivity index (χ0) is 19.1. The SMILES string of the molecule is COc1ccc([C@H](CNC(=S)Nc2ccccc2F)[NH+]2CCOCC2)cc1. The average molecular weight is 391 g/mol. The molecule has 1 fully saturated rings. The van der Waals surface area contributed by atoms with E-state index in [-0.39, 0.29) is 11.9 Å². The molecule has 27 heavy (non-hydrogen) atoms. The van der Waals surface area contributed by atoms with Crippen molar-refractivity contribution in [2.45, 2.75) is 6.04 Å². The summed E-state index contributed by atoms with van der Waals surface area (Å²) in [5.74, 6) is 0.506. The molecule has 1 aliphatic heterocycles. The lowest BCUT2D eigenvalue weighted by molar-refractivity contribution is -0.937. The van der Waals surface area contributed by atoms with Gasteiger partial charge in [0.05, 0.1) is 32.6 Å². The Kier molecular flexibility index (Phi) is 6.98. The van der Waals surface area contributed by atoms with Crippen molar-refractivity contribution in [1.82, 2.24) is 5.32 Å². The van der Waals surface area contributed by atoms with Crippen LogP contribution in [0.5, 0.6) is 5.75 Å². The number of thiocarbonyl (C=S) groups is 1. The molecular weight excluding hydrogens is 365 g/mol. The molecule has 1 aliphatic rings. The molecule has 5 nitrogen and oxygen atoms in total. The van der Waals surface area contributed by atoms with Crippen LogP contribution in [0.1, 0.15) is 11.6 Å². The average Bonchev–Trinajstić information content (AvgIpc) is 2.71. The van der Waals surface area contributed by atoms with Gasteiger partial charge in [-0.25, -0.2) is 4.39 Å². The third kappa shape index (κ3) is 5.38. The fourth-order valence-corrected chi connectivity index (χ4v) is 3.43. The van der Waals surface area contributed by atoms with Crippen LogP contribution in [0, 0.1) is 5.82 Å². The first-order valence-corrected chi connectivity index (χ1v) is 9.44. The molecular formula is C20H25FN3O2S+. The summed E-state index contributed by atoms with van der Waals surface area (Å²) < 4.78 is 24.6. The number of quaternary nitrogens is 1. The van der Waals surface area contributed by atoms with Crippen molar-refractivity contribution < 1.29 is 18.8 Å². The fraction of sp³-hybridized carbons (Fsp3) is 0.350. The van der Waals surface area contributed by atoms with Gasteiger partial charge in [0, 0.05) is 5.56 Å². The molecule has 0 aliphatic carbocycles. The Labute approximate surface area is 164 Å². The zero-order valence-corrected chi connectivity index (χ0v) is 16.2. The summed E-state index contributed by atoms with van der Waals surface area (Å²) in [5.41, 5.74) is 1.57. The van der Waals surface area contributed by atoms with Crippen LogP contribution in [-0.4, -0.2) is 45.1 Å². The first-order valence-electron chi connectivity index (χ1n) is 9.03. The summed E-state index contributed by atoms with van der Waals surface area (Å²) in [6.07, 6.45) is 0. The highest BCUT2D eigenvalue weighted by Gasteiger charge is 2.26. The number of hydrogen-bond donors (Lipinski definition) is 3.